The number of hydrogen-bond acceptors (Lipinski definition) is 0. The van der Waals surface area contributed by atoms with Crippen LogP contribution in [0, 0.1) is 0 Å². The van der Waals surface area contributed by atoms with E-state index in [1.807, 2.05) is 0 Å². The Balaban J connectivity index is 2.63. The Morgan fingerprint density at radius 1 is 1.11 bits per heavy atom. The zero-order chi connectivity index (χ0) is 6.10. The van der Waals surface area contributed by atoms with Crippen LogP contribution in [0.15, 0.2) is 24.3 Å². The van der Waals surface area contributed by atoms with E-state index in [4.69, 9.17) is 0 Å². The van der Waals surface area contributed by atoms with Crippen LogP contribution in [0.1, 0.15) is 5.56 Å². The Hall–Kier alpha value is -0.476. The lowest BCUT2D eigenvalue weighted by molar-refractivity contribution is 1.75. The van der Waals surface area contributed by atoms with E-state index in [-0.39, 0.29) is 0 Å². The SMILES string of the molecule is C1=[Si][Si]c2ccccc21. The van der Waals surface area contributed by atoms with E-state index in [9.17, 15) is 0 Å². The monoisotopic (exact) mass is 145 g/mol. The summed E-state index contributed by atoms with van der Waals surface area (Å²) in [6.45, 7) is 0. The van der Waals surface area contributed by atoms with Crippen LogP contribution in [0.2, 0.25) is 0 Å². The molecule has 1 heterocycles. The Labute approximate surface area is 59.0 Å². The fraction of sp³-hybridized carbons (Fsp3) is 0. The summed E-state index contributed by atoms with van der Waals surface area (Å²) in [5.74, 6) is 0. The summed E-state index contributed by atoms with van der Waals surface area (Å²) in [6, 6.07) is 8.65. The lowest BCUT2D eigenvalue weighted by Gasteiger charge is -1.93. The molecule has 0 atom stereocenters. The molecular formula is C7H5Si2. The molecule has 0 nitrogen and oxygen atoms in total. The van der Waals surface area contributed by atoms with Gasteiger partial charge in [-0.3, -0.25) is 0 Å². The van der Waals surface area contributed by atoms with Crippen molar-refractivity contribution < 1.29 is 0 Å². The summed E-state index contributed by atoms with van der Waals surface area (Å²) in [5, 5.41) is 1.55. The molecule has 3 radical (unpaired) electrons. The van der Waals surface area contributed by atoms with E-state index in [0.717, 1.165) is 17.7 Å². The number of benzene rings is 1. The van der Waals surface area contributed by atoms with Crippen molar-refractivity contribution in [1.29, 1.82) is 0 Å². The van der Waals surface area contributed by atoms with Crippen molar-refractivity contribution in [2.75, 3.05) is 0 Å². The zero-order valence-electron chi connectivity index (χ0n) is 4.89. The summed E-state index contributed by atoms with van der Waals surface area (Å²) in [5.41, 5.74) is 3.81. The van der Waals surface area contributed by atoms with E-state index in [1.165, 1.54) is 5.56 Å². The lowest BCUT2D eigenvalue weighted by Crippen LogP contribution is -2.12. The molecule has 0 saturated heterocycles. The summed E-state index contributed by atoms with van der Waals surface area (Å²) in [6.07, 6.45) is 0. The Morgan fingerprint density at radius 2 is 2.00 bits per heavy atom. The van der Waals surface area contributed by atoms with E-state index < -0.39 is 0 Å². The molecule has 0 amide bonds. The minimum atomic E-state index is 1.05. The van der Waals surface area contributed by atoms with Crippen LogP contribution in [0.5, 0.6) is 0 Å². The molecule has 0 N–H and O–H groups in total. The van der Waals surface area contributed by atoms with Crippen LogP contribution in [0.25, 0.3) is 0 Å². The van der Waals surface area contributed by atoms with Crippen LogP contribution in [-0.4, -0.2) is 23.4 Å². The van der Waals surface area contributed by atoms with E-state index >= 15 is 0 Å². The Morgan fingerprint density at radius 3 is 2.89 bits per heavy atom. The topological polar surface area (TPSA) is 0 Å². The van der Waals surface area contributed by atoms with Gasteiger partial charge in [0.15, 0.2) is 0 Å². The first-order chi connectivity index (χ1) is 4.47. The molecular weight excluding hydrogens is 140 g/mol. The minimum absolute atomic E-state index is 1.05. The highest BCUT2D eigenvalue weighted by molar-refractivity contribution is 7.12. The summed E-state index contributed by atoms with van der Waals surface area (Å²) < 4.78 is 0. The molecule has 0 fully saturated rings. The minimum Gasteiger partial charge on any atom is -0.0775 e. The zero-order valence-corrected chi connectivity index (χ0v) is 6.89. The third kappa shape index (κ3) is 0.841. The first-order valence-corrected chi connectivity index (χ1v) is 5.98. The van der Waals surface area contributed by atoms with Crippen molar-refractivity contribution in [3.05, 3.63) is 29.8 Å². The summed E-state index contributed by atoms with van der Waals surface area (Å²) >= 11 is 0. The van der Waals surface area contributed by atoms with Crippen molar-refractivity contribution in [3.63, 3.8) is 0 Å². The average molecular weight is 145 g/mol. The van der Waals surface area contributed by atoms with Gasteiger partial charge >= 0.3 is 0 Å². The predicted octanol–water partition coefficient (Wildman–Crippen LogP) is -0.201. The first-order valence-electron chi connectivity index (χ1n) is 2.90. The normalized spacial score (nSPS) is 13.8. The molecule has 0 saturated carbocycles. The summed E-state index contributed by atoms with van der Waals surface area (Å²) in [7, 11) is 2.10. The molecule has 0 aromatic heterocycles. The molecule has 0 bridgehead atoms. The highest BCUT2D eigenvalue weighted by atomic mass is 29.1. The van der Waals surface area contributed by atoms with Gasteiger partial charge < -0.3 is 0 Å². The second kappa shape index (κ2) is 2.04. The van der Waals surface area contributed by atoms with Gasteiger partial charge in [-0.15, -0.1) is 0 Å². The average Bonchev–Trinajstić information content (AvgIpc) is 2.33. The van der Waals surface area contributed by atoms with Gasteiger partial charge in [-0.05, 0) is 5.56 Å². The van der Waals surface area contributed by atoms with Crippen molar-refractivity contribution in [2.24, 2.45) is 0 Å². The fourth-order valence-corrected chi connectivity index (χ4v) is 4.02. The second-order valence-electron chi connectivity index (χ2n) is 2.00. The molecule has 0 aliphatic carbocycles. The van der Waals surface area contributed by atoms with Crippen molar-refractivity contribution in [3.8, 4) is 0 Å². The highest BCUT2D eigenvalue weighted by Crippen LogP contribution is 1.92. The van der Waals surface area contributed by atoms with Crippen molar-refractivity contribution >= 4 is 28.5 Å². The third-order valence-corrected chi connectivity index (χ3v) is 4.39. The Bertz CT molecular complexity index is 253. The third-order valence-electron chi connectivity index (χ3n) is 1.40. The number of rotatable bonds is 0. The largest absolute Gasteiger partial charge is 0.0930 e. The second-order valence-corrected chi connectivity index (χ2v) is 4.98. The molecule has 1 aromatic rings. The van der Waals surface area contributed by atoms with Gasteiger partial charge in [0, 0.05) is 8.65 Å². The maximum absolute atomic E-state index is 2.34. The quantitative estimate of drug-likeness (QED) is 0.444. The first kappa shape index (κ1) is 5.32. The van der Waals surface area contributed by atoms with Crippen molar-refractivity contribution in [2.45, 2.75) is 0 Å². The smallest absolute Gasteiger partial charge is 0.0775 e. The molecule has 1 aromatic carbocycles. The van der Waals surface area contributed by atoms with Gasteiger partial charge in [0.05, 0.1) is 9.04 Å². The van der Waals surface area contributed by atoms with Crippen LogP contribution in [0.3, 0.4) is 0 Å². The fourth-order valence-electron chi connectivity index (χ4n) is 0.928. The Kier molecular flexibility index (Phi) is 1.21. The maximum Gasteiger partial charge on any atom is 0.0930 e. The summed E-state index contributed by atoms with van der Waals surface area (Å²) in [4.78, 5) is 0. The lowest BCUT2D eigenvalue weighted by atomic mass is 10.2. The highest BCUT2D eigenvalue weighted by Gasteiger charge is 2.01. The van der Waals surface area contributed by atoms with E-state index in [1.54, 1.807) is 5.19 Å². The number of hydrogen-bond donors (Lipinski definition) is 0. The van der Waals surface area contributed by atoms with Crippen molar-refractivity contribution in [1.82, 2.24) is 0 Å². The van der Waals surface area contributed by atoms with Crippen LogP contribution >= 0.6 is 0 Å². The van der Waals surface area contributed by atoms with Gasteiger partial charge in [0.25, 0.3) is 0 Å². The molecule has 1 aliphatic rings. The standard InChI is InChI=1S/C7H5Si2/c1-2-4-7-6(3-1)5-8-9-7/h1-5H. The molecule has 0 spiro atoms. The predicted molar refractivity (Wildman–Crippen MR) is 42.8 cm³/mol. The number of fused-ring (bicyclic) bond motifs is 1. The van der Waals surface area contributed by atoms with Gasteiger partial charge in [0.1, 0.15) is 0 Å². The van der Waals surface area contributed by atoms with E-state index in [2.05, 4.69) is 29.9 Å². The molecule has 2 heteroatoms. The van der Waals surface area contributed by atoms with Crippen LogP contribution in [0.4, 0.5) is 0 Å². The molecule has 9 heavy (non-hydrogen) atoms. The van der Waals surface area contributed by atoms with Gasteiger partial charge in [-0.1, -0.05) is 35.1 Å². The molecule has 41 valence electrons. The van der Waals surface area contributed by atoms with Gasteiger partial charge in [-0.2, -0.15) is 0 Å². The molecule has 2 rings (SSSR count). The van der Waals surface area contributed by atoms with Gasteiger partial charge in [-0.25, -0.2) is 0 Å². The molecule has 0 unspecified atom stereocenters. The van der Waals surface area contributed by atoms with Crippen LogP contribution in [-0.2, 0) is 0 Å². The molecule has 1 aliphatic heterocycles. The maximum atomic E-state index is 2.34. The van der Waals surface area contributed by atoms with Crippen LogP contribution < -0.4 is 5.19 Å². The van der Waals surface area contributed by atoms with Gasteiger partial charge in [0.2, 0.25) is 0 Å². The van der Waals surface area contributed by atoms with E-state index in [0.29, 0.717) is 0 Å².